The summed E-state index contributed by atoms with van der Waals surface area (Å²) in [6.07, 6.45) is 3.53. The predicted molar refractivity (Wildman–Crippen MR) is 85.3 cm³/mol. The number of thiazole rings is 1. The molecule has 2 heterocycles. The van der Waals surface area contributed by atoms with Gasteiger partial charge in [-0.1, -0.05) is 13.8 Å². The van der Waals surface area contributed by atoms with Crippen LogP contribution in [0.25, 0.3) is 0 Å². The number of nitrogens with one attached hydrogen (secondary N) is 2. The van der Waals surface area contributed by atoms with Gasteiger partial charge in [0.1, 0.15) is 0 Å². The highest BCUT2D eigenvalue weighted by molar-refractivity contribution is 7.87. The summed E-state index contributed by atoms with van der Waals surface area (Å²) in [5.41, 5.74) is 1.71. The van der Waals surface area contributed by atoms with Crippen LogP contribution in [0.2, 0.25) is 0 Å². The van der Waals surface area contributed by atoms with Crippen LogP contribution in [0.15, 0.2) is 11.7 Å². The van der Waals surface area contributed by atoms with Gasteiger partial charge >= 0.3 is 0 Å². The zero-order valence-electron chi connectivity index (χ0n) is 12.6. The molecule has 1 aromatic heterocycles. The molecule has 0 bridgehead atoms. The monoisotopic (exact) mass is 332 g/mol. The van der Waals surface area contributed by atoms with Crippen molar-refractivity contribution in [3.63, 3.8) is 0 Å². The number of aromatic nitrogens is 1. The van der Waals surface area contributed by atoms with Gasteiger partial charge in [0.25, 0.3) is 10.2 Å². The van der Waals surface area contributed by atoms with Crippen LogP contribution in [0.4, 0.5) is 0 Å². The first kappa shape index (κ1) is 16.8. The van der Waals surface area contributed by atoms with Gasteiger partial charge in [0, 0.05) is 36.8 Å². The summed E-state index contributed by atoms with van der Waals surface area (Å²) in [7, 11) is -3.37. The smallest absolute Gasteiger partial charge is 0.279 e. The maximum absolute atomic E-state index is 12.2. The Labute approximate surface area is 131 Å². The van der Waals surface area contributed by atoms with Gasteiger partial charge in [-0.15, -0.1) is 11.3 Å². The van der Waals surface area contributed by atoms with Crippen LogP contribution >= 0.6 is 11.3 Å². The lowest BCUT2D eigenvalue weighted by atomic mass is 9.98. The maximum atomic E-state index is 12.2. The van der Waals surface area contributed by atoms with Gasteiger partial charge in [-0.25, -0.2) is 0 Å². The maximum Gasteiger partial charge on any atom is 0.279 e. The van der Waals surface area contributed by atoms with Crippen molar-refractivity contribution in [2.75, 3.05) is 19.6 Å². The molecule has 0 aliphatic carbocycles. The van der Waals surface area contributed by atoms with E-state index < -0.39 is 10.2 Å². The Kier molecular flexibility index (Phi) is 6.12. The zero-order valence-corrected chi connectivity index (χ0v) is 14.2. The second-order valence-corrected chi connectivity index (χ2v) is 8.43. The Hall–Kier alpha value is -0.540. The van der Waals surface area contributed by atoms with Crippen molar-refractivity contribution in [2.45, 2.75) is 39.3 Å². The summed E-state index contributed by atoms with van der Waals surface area (Å²) >= 11 is 1.46. The van der Waals surface area contributed by atoms with E-state index in [2.05, 4.69) is 28.9 Å². The van der Waals surface area contributed by atoms with E-state index in [0.29, 0.717) is 31.6 Å². The summed E-state index contributed by atoms with van der Waals surface area (Å²) in [5, 5.41) is 3.42. The average Bonchev–Trinajstić information content (AvgIpc) is 2.97. The van der Waals surface area contributed by atoms with Crippen molar-refractivity contribution in [1.82, 2.24) is 19.3 Å². The van der Waals surface area contributed by atoms with Crippen molar-refractivity contribution in [2.24, 2.45) is 5.92 Å². The molecule has 0 atom stereocenters. The van der Waals surface area contributed by atoms with E-state index in [9.17, 15) is 8.42 Å². The number of piperidine rings is 1. The van der Waals surface area contributed by atoms with Crippen molar-refractivity contribution in [1.29, 1.82) is 0 Å². The fourth-order valence-electron chi connectivity index (χ4n) is 2.34. The third-order valence-corrected chi connectivity index (χ3v) is 5.97. The normalized spacial score (nSPS) is 18.4. The third-order valence-electron chi connectivity index (χ3n) is 3.64. The SMILES string of the molecule is CC(C)NCC1CCN(S(=O)(=O)NCc2cncs2)CC1. The molecule has 1 aliphatic rings. The second kappa shape index (κ2) is 7.64. The molecule has 1 fully saturated rings. The molecule has 8 heteroatoms. The van der Waals surface area contributed by atoms with E-state index in [-0.39, 0.29) is 0 Å². The van der Waals surface area contributed by atoms with E-state index in [1.54, 1.807) is 16.0 Å². The van der Waals surface area contributed by atoms with Crippen LogP contribution in [0.1, 0.15) is 31.6 Å². The zero-order chi connectivity index (χ0) is 15.3. The van der Waals surface area contributed by atoms with Gasteiger partial charge in [0.15, 0.2) is 0 Å². The highest BCUT2D eigenvalue weighted by Crippen LogP contribution is 2.19. The Morgan fingerprint density at radius 2 is 2.14 bits per heavy atom. The van der Waals surface area contributed by atoms with Gasteiger partial charge < -0.3 is 5.32 Å². The van der Waals surface area contributed by atoms with Gasteiger partial charge in [0.05, 0.1) is 5.51 Å². The van der Waals surface area contributed by atoms with Crippen LogP contribution in [0, 0.1) is 5.92 Å². The lowest BCUT2D eigenvalue weighted by Crippen LogP contribution is -2.46. The van der Waals surface area contributed by atoms with Crippen LogP contribution in [0.5, 0.6) is 0 Å². The summed E-state index contributed by atoms with van der Waals surface area (Å²) in [5.74, 6) is 0.570. The molecule has 0 amide bonds. The van der Waals surface area contributed by atoms with Gasteiger partial charge in [0.2, 0.25) is 0 Å². The lowest BCUT2D eigenvalue weighted by Gasteiger charge is -2.31. The van der Waals surface area contributed by atoms with Crippen LogP contribution < -0.4 is 10.0 Å². The van der Waals surface area contributed by atoms with Crippen molar-refractivity contribution < 1.29 is 8.42 Å². The predicted octanol–water partition coefficient (Wildman–Crippen LogP) is 1.19. The fraction of sp³-hybridized carbons (Fsp3) is 0.769. The number of nitrogens with zero attached hydrogens (tertiary/aromatic N) is 2. The molecule has 2 rings (SSSR count). The molecule has 0 radical (unpaired) electrons. The molecule has 1 saturated heterocycles. The minimum atomic E-state index is -3.37. The molecule has 1 aromatic rings. The Morgan fingerprint density at radius 3 is 2.71 bits per heavy atom. The van der Waals surface area contributed by atoms with Gasteiger partial charge in [-0.3, -0.25) is 4.98 Å². The Morgan fingerprint density at radius 1 is 1.43 bits per heavy atom. The highest BCUT2D eigenvalue weighted by Gasteiger charge is 2.27. The molecule has 0 aromatic carbocycles. The Balaban J connectivity index is 1.77. The van der Waals surface area contributed by atoms with E-state index >= 15 is 0 Å². The minimum absolute atomic E-state index is 0.321. The molecule has 0 saturated carbocycles. The second-order valence-electron chi connectivity index (χ2n) is 5.70. The third kappa shape index (κ3) is 5.30. The molecule has 0 unspecified atom stereocenters. The van der Waals surface area contributed by atoms with Crippen LogP contribution in [0.3, 0.4) is 0 Å². The molecule has 0 spiro atoms. The van der Waals surface area contributed by atoms with E-state index in [1.807, 2.05) is 0 Å². The first-order valence-electron chi connectivity index (χ1n) is 7.33. The fourth-order valence-corrected chi connectivity index (χ4v) is 4.18. The summed E-state index contributed by atoms with van der Waals surface area (Å²) in [4.78, 5) is 4.87. The lowest BCUT2D eigenvalue weighted by molar-refractivity contribution is 0.261. The summed E-state index contributed by atoms with van der Waals surface area (Å²) < 4.78 is 28.7. The number of rotatable bonds is 7. The van der Waals surface area contributed by atoms with Crippen molar-refractivity contribution in [3.05, 3.63) is 16.6 Å². The molecule has 1 aliphatic heterocycles. The van der Waals surface area contributed by atoms with Crippen molar-refractivity contribution in [3.8, 4) is 0 Å². The van der Waals surface area contributed by atoms with Crippen LogP contribution in [-0.4, -0.2) is 43.4 Å². The van der Waals surface area contributed by atoms with Crippen molar-refractivity contribution >= 4 is 21.5 Å². The minimum Gasteiger partial charge on any atom is -0.314 e. The first-order valence-corrected chi connectivity index (χ1v) is 9.65. The number of hydrogen-bond acceptors (Lipinski definition) is 5. The van der Waals surface area contributed by atoms with Gasteiger partial charge in [-0.05, 0) is 25.3 Å². The molecule has 120 valence electrons. The van der Waals surface area contributed by atoms with E-state index in [4.69, 9.17) is 0 Å². The number of hydrogen-bond donors (Lipinski definition) is 2. The van der Waals surface area contributed by atoms with E-state index in [0.717, 1.165) is 24.3 Å². The standard InChI is InChI=1S/C13H24N4O2S2/c1-11(2)15-7-12-3-5-17(6-4-12)21(18,19)16-9-13-8-14-10-20-13/h8,10-12,15-16H,3-7,9H2,1-2H3. The quantitative estimate of drug-likeness (QED) is 0.786. The molecule has 21 heavy (non-hydrogen) atoms. The largest absolute Gasteiger partial charge is 0.314 e. The van der Waals surface area contributed by atoms with E-state index in [1.165, 1.54) is 11.3 Å². The van der Waals surface area contributed by atoms with Gasteiger partial charge in [-0.2, -0.15) is 17.4 Å². The summed E-state index contributed by atoms with van der Waals surface area (Å²) in [6, 6.07) is 0.479. The molecular weight excluding hydrogens is 308 g/mol. The Bertz CT molecular complexity index is 508. The topological polar surface area (TPSA) is 74.3 Å². The molecule has 2 N–H and O–H groups in total. The average molecular weight is 332 g/mol. The highest BCUT2D eigenvalue weighted by atomic mass is 32.2. The molecule has 6 nitrogen and oxygen atoms in total. The van der Waals surface area contributed by atoms with Crippen LogP contribution in [-0.2, 0) is 16.8 Å². The summed E-state index contributed by atoms with van der Waals surface area (Å²) in [6.45, 7) is 6.75. The first-order chi connectivity index (χ1) is 9.97. The molecular formula is C13H24N4O2S2.